The highest BCUT2D eigenvalue weighted by molar-refractivity contribution is 5.27. The first kappa shape index (κ1) is 11.2. The number of hydrogen-bond donors (Lipinski definition) is 1. The van der Waals surface area contributed by atoms with Crippen molar-refractivity contribution in [1.82, 2.24) is 19.4 Å². The summed E-state index contributed by atoms with van der Waals surface area (Å²) in [5.74, 6) is 0.379. The molecule has 0 saturated carbocycles. The molecule has 1 aliphatic heterocycles. The zero-order valence-electron chi connectivity index (χ0n) is 10.5. The summed E-state index contributed by atoms with van der Waals surface area (Å²) in [6.45, 7) is 2.89. The van der Waals surface area contributed by atoms with Crippen LogP contribution in [-0.4, -0.2) is 26.0 Å². The van der Waals surface area contributed by atoms with Crippen molar-refractivity contribution < 1.29 is 0 Å². The molecule has 2 aromatic rings. The van der Waals surface area contributed by atoms with E-state index < -0.39 is 0 Å². The Morgan fingerprint density at radius 2 is 2.33 bits per heavy atom. The van der Waals surface area contributed by atoms with Gasteiger partial charge < -0.3 is 10.3 Å². The monoisotopic (exact) mass is 243 g/mol. The van der Waals surface area contributed by atoms with Crippen LogP contribution in [0.5, 0.6) is 0 Å². The topological polar surface area (TPSA) is 60.0 Å². The zero-order valence-corrected chi connectivity index (χ0v) is 10.5. The van der Waals surface area contributed by atoms with Crippen molar-refractivity contribution in [2.75, 3.05) is 12.3 Å². The number of rotatable bonds is 2. The van der Waals surface area contributed by atoms with Gasteiger partial charge in [0.2, 0.25) is 5.95 Å². The summed E-state index contributed by atoms with van der Waals surface area (Å²) in [5, 5.41) is 0. The Morgan fingerprint density at radius 3 is 3.11 bits per heavy atom. The van der Waals surface area contributed by atoms with E-state index in [2.05, 4.69) is 44.8 Å². The lowest BCUT2D eigenvalue weighted by Gasteiger charge is -2.27. The van der Waals surface area contributed by atoms with Crippen LogP contribution < -0.4 is 5.73 Å². The Morgan fingerprint density at radius 1 is 1.44 bits per heavy atom. The summed E-state index contributed by atoms with van der Waals surface area (Å²) in [6, 6.07) is 4.24. The molecule has 0 amide bonds. The number of hydrogen-bond acceptors (Lipinski definition) is 4. The van der Waals surface area contributed by atoms with Gasteiger partial charge in [-0.15, -0.1) is 0 Å². The summed E-state index contributed by atoms with van der Waals surface area (Å²) in [4.78, 5) is 10.8. The second kappa shape index (κ2) is 4.42. The van der Waals surface area contributed by atoms with Crippen molar-refractivity contribution in [1.29, 1.82) is 0 Å². The first-order valence-electron chi connectivity index (χ1n) is 6.15. The van der Waals surface area contributed by atoms with Gasteiger partial charge in [0.25, 0.3) is 0 Å². The molecule has 1 aliphatic rings. The van der Waals surface area contributed by atoms with Crippen LogP contribution in [-0.2, 0) is 26.6 Å². The molecule has 2 aromatic heterocycles. The van der Waals surface area contributed by atoms with E-state index in [0.717, 1.165) is 31.7 Å². The third kappa shape index (κ3) is 2.09. The fourth-order valence-corrected chi connectivity index (χ4v) is 2.41. The van der Waals surface area contributed by atoms with Gasteiger partial charge in [-0.2, -0.15) is 0 Å². The summed E-state index contributed by atoms with van der Waals surface area (Å²) in [5.41, 5.74) is 9.24. The molecule has 94 valence electrons. The van der Waals surface area contributed by atoms with E-state index in [1.807, 2.05) is 6.20 Å². The van der Waals surface area contributed by atoms with E-state index in [1.165, 1.54) is 11.3 Å². The molecule has 0 aromatic carbocycles. The Labute approximate surface area is 106 Å². The van der Waals surface area contributed by atoms with Crippen LogP contribution in [0.4, 0.5) is 5.95 Å². The largest absolute Gasteiger partial charge is 0.368 e. The van der Waals surface area contributed by atoms with Crippen LogP contribution in [0.1, 0.15) is 17.0 Å². The maximum absolute atomic E-state index is 5.61. The molecule has 5 nitrogen and oxygen atoms in total. The number of anilines is 1. The van der Waals surface area contributed by atoms with Crippen LogP contribution in [0.25, 0.3) is 0 Å². The maximum atomic E-state index is 5.61. The number of aromatic nitrogens is 3. The molecule has 3 heterocycles. The first-order chi connectivity index (χ1) is 8.72. The van der Waals surface area contributed by atoms with Crippen LogP contribution in [0.3, 0.4) is 0 Å². The number of aryl methyl sites for hydroxylation is 1. The van der Waals surface area contributed by atoms with Gasteiger partial charge in [0.15, 0.2) is 0 Å². The van der Waals surface area contributed by atoms with E-state index in [9.17, 15) is 0 Å². The third-order valence-corrected chi connectivity index (χ3v) is 3.47. The molecule has 0 spiro atoms. The molecule has 0 atom stereocenters. The summed E-state index contributed by atoms with van der Waals surface area (Å²) >= 11 is 0. The van der Waals surface area contributed by atoms with Crippen LogP contribution in [0, 0.1) is 0 Å². The number of fused-ring (bicyclic) bond motifs is 1. The summed E-state index contributed by atoms with van der Waals surface area (Å²) in [6.07, 6.45) is 4.89. The molecular formula is C13H17N5. The minimum absolute atomic E-state index is 0.379. The van der Waals surface area contributed by atoms with Crippen LogP contribution >= 0.6 is 0 Å². The quantitative estimate of drug-likeness (QED) is 0.853. The smallest absolute Gasteiger partial charge is 0.220 e. The Kier molecular flexibility index (Phi) is 2.76. The lowest BCUT2D eigenvalue weighted by Crippen LogP contribution is -2.31. The van der Waals surface area contributed by atoms with Crippen LogP contribution in [0.15, 0.2) is 24.5 Å². The second-order valence-corrected chi connectivity index (χ2v) is 4.77. The van der Waals surface area contributed by atoms with E-state index in [4.69, 9.17) is 5.73 Å². The predicted octanol–water partition coefficient (Wildman–Crippen LogP) is 0.956. The van der Waals surface area contributed by atoms with E-state index >= 15 is 0 Å². The molecule has 0 unspecified atom stereocenters. The molecular weight excluding hydrogens is 226 g/mol. The molecule has 18 heavy (non-hydrogen) atoms. The van der Waals surface area contributed by atoms with Gasteiger partial charge in [0, 0.05) is 56.8 Å². The van der Waals surface area contributed by atoms with E-state index in [1.54, 1.807) is 0 Å². The average Bonchev–Trinajstić information content (AvgIpc) is 2.75. The zero-order chi connectivity index (χ0) is 12.5. The van der Waals surface area contributed by atoms with Crippen LogP contribution in [0.2, 0.25) is 0 Å². The molecule has 5 heteroatoms. The van der Waals surface area contributed by atoms with Crippen molar-refractivity contribution in [3.05, 3.63) is 41.5 Å². The van der Waals surface area contributed by atoms with Gasteiger partial charge in [0.1, 0.15) is 0 Å². The summed E-state index contributed by atoms with van der Waals surface area (Å²) < 4.78 is 2.16. The van der Waals surface area contributed by atoms with E-state index in [-0.39, 0.29) is 0 Å². The fraction of sp³-hybridized carbons (Fsp3) is 0.385. The first-order valence-corrected chi connectivity index (χ1v) is 6.15. The van der Waals surface area contributed by atoms with E-state index in [0.29, 0.717) is 5.95 Å². The fourth-order valence-electron chi connectivity index (χ4n) is 2.41. The van der Waals surface area contributed by atoms with Gasteiger partial charge >= 0.3 is 0 Å². The van der Waals surface area contributed by atoms with Gasteiger partial charge in [-0.25, -0.2) is 9.97 Å². The van der Waals surface area contributed by atoms with Crippen molar-refractivity contribution in [2.24, 2.45) is 7.05 Å². The minimum Gasteiger partial charge on any atom is -0.368 e. The van der Waals surface area contributed by atoms with Crippen molar-refractivity contribution in [3.8, 4) is 0 Å². The normalized spacial score (nSPS) is 15.6. The Balaban J connectivity index is 1.75. The lowest BCUT2D eigenvalue weighted by atomic mass is 10.1. The minimum atomic E-state index is 0.379. The molecule has 0 fully saturated rings. The lowest BCUT2D eigenvalue weighted by molar-refractivity contribution is 0.238. The third-order valence-electron chi connectivity index (χ3n) is 3.47. The highest BCUT2D eigenvalue weighted by Gasteiger charge is 2.18. The van der Waals surface area contributed by atoms with Gasteiger partial charge in [-0.05, 0) is 12.1 Å². The Bertz CT molecular complexity index is 560. The standard InChI is InChI=1S/C13H17N5/c1-17-5-2-3-11(17)9-18-6-4-12-10(8-18)7-15-13(14)16-12/h2-3,5,7H,4,6,8-9H2,1H3,(H2,14,15,16). The highest BCUT2D eigenvalue weighted by Crippen LogP contribution is 2.18. The SMILES string of the molecule is Cn1cccc1CN1CCc2nc(N)ncc2C1. The molecule has 0 saturated heterocycles. The highest BCUT2D eigenvalue weighted by atomic mass is 15.2. The van der Waals surface area contributed by atoms with Crippen molar-refractivity contribution in [3.63, 3.8) is 0 Å². The average molecular weight is 243 g/mol. The van der Waals surface area contributed by atoms with Gasteiger partial charge in [0.05, 0.1) is 5.69 Å². The predicted molar refractivity (Wildman–Crippen MR) is 69.7 cm³/mol. The molecule has 0 aliphatic carbocycles. The molecule has 0 bridgehead atoms. The Hall–Kier alpha value is -1.88. The number of nitrogen functional groups attached to an aromatic ring is 1. The maximum Gasteiger partial charge on any atom is 0.220 e. The van der Waals surface area contributed by atoms with Gasteiger partial charge in [-0.3, -0.25) is 4.90 Å². The summed E-state index contributed by atoms with van der Waals surface area (Å²) in [7, 11) is 2.08. The number of nitrogens with zero attached hydrogens (tertiary/aromatic N) is 4. The second-order valence-electron chi connectivity index (χ2n) is 4.77. The molecule has 0 radical (unpaired) electrons. The number of nitrogens with two attached hydrogens (primary N) is 1. The van der Waals surface area contributed by atoms with Crippen molar-refractivity contribution >= 4 is 5.95 Å². The molecule has 3 rings (SSSR count). The molecule has 2 N–H and O–H groups in total. The van der Waals surface area contributed by atoms with Gasteiger partial charge in [-0.1, -0.05) is 0 Å². The van der Waals surface area contributed by atoms with Crippen molar-refractivity contribution in [2.45, 2.75) is 19.5 Å².